The minimum atomic E-state index is -1.66. The van der Waals surface area contributed by atoms with Gasteiger partial charge in [-0.15, -0.1) is 11.3 Å². The van der Waals surface area contributed by atoms with Crippen molar-refractivity contribution in [2.45, 2.75) is 12.1 Å². The molecule has 0 bridgehead atoms. The van der Waals surface area contributed by atoms with E-state index in [4.69, 9.17) is 10.5 Å². The molecule has 0 saturated heterocycles. The average molecular weight is 423 g/mol. The summed E-state index contributed by atoms with van der Waals surface area (Å²) in [6, 6.07) is 10.5. The fourth-order valence-electron chi connectivity index (χ4n) is 3.23. The number of carbonyl (C=O) groups is 2. The number of aryl methyl sites for hydroxylation is 1. The van der Waals surface area contributed by atoms with Gasteiger partial charge in [-0.2, -0.15) is 0 Å². The fraction of sp³-hybridized carbons (Fsp3) is 0.143. The van der Waals surface area contributed by atoms with Crippen molar-refractivity contribution in [1.82, 2.24) is 9.13 Å². The van der Waals surface area contributed by atoms with Crippen LogP contribution in [0.15, 0.2) is 70.3 Å². The lowest BCUT2D eigenvalue weighted by atomic mass is 10.1. The summed E-state index contributed by atoms with van der Waals surface area (Å²) >= 11 is 0.944. The smallest absolute Gasteiger partial charge is 0.350 e. The number of carbonyl (C=O) groups excluding carboxylic acids is 2. The zero-order valence-corrected chi connectivity index (χ0v) is 16.7. The zero-order valence-electron chi connectivity index (χ0n) is 15.9. The number of thiophene rings is 1. The van der Waals surface area contributed by atoms with Gasteiger partial charge in [0, 0.05) is 7.05 Å². The van der Waals surface area contributed by atoms with Crippen molar-refractivity contribution in [3.63, 3.8) is 0 Å². The van der Waals surface area contributed by atoms with Crippen LogP contribution < -0.4 is 17.0 Å². The molecule has 0 fully saturated rings. The maximum absolute atomic E-state index is 13.0. The van der Waals surface area contributed by atoms with Crippen LogP contribution in [0.25, 0.3) is 10.2 Å². The molecule has 0 aliphatic heterocycles. The predicted molar refractivity (Wildman–Crippen MR) is 112 cm³/mol. The summed E-state index contributed by atoms with van der Waals surface area (Å²) in [4.78, 5) is 50.6. The maximum Gasteiger partial charge on any atom is 0.350 e. The summed E-state index contributed by atoms with van der Waals surface area (Å²) in [5.41, 5.74) is 3.53. The van der Waals surface area contributed by atoms with Crippen molar-refractivity contribution in [2.24, 2.45) is 12.8 Å². The lowest BCUT2D eigenvalue weighted by Gasteiger charge is -2.21. The third-order valence-corrected chi connectivity index (χ3v) is 6.03. The number of fused-ring (bicyclic) bond motifs is 1. The van der Waals surface area contributed by atoms with Gasteiger partial charge in [0.15, 0.2) is 0 Å². The van der Waals surface area contributed by atoms with Crippen LogP contribution >= 0.6 is 11.3 Å². The number of allylic oxidation sites excluding steroid dienone is 2. The molecule has 0 radical (unpaired) electrons. The van der Waals surface area contributed by atoms with E-state index in [0.29, 0.717) is 4.83 Å². The predicted octanol–water partition coefficient (Wildman–Crippen LogP) is 1.32. The number of ether oxygens (including phenoxy) is 1. The lowest BCUT2D eigenvalue weighted by Crippen LogP contribution is -2.43. The van der Waals surface area contributed by atoms with E-state index in [-0.39, 0.29) is 16.8 Å². The fourth-order valence-corrected chi connectivity index (χ4v) is 4.21. The average Bonchev–Trinajstić information content (AvgIpc) is 3.39. The number of primary amides is 1. The molecule has 0 spiro atoms. The molecule has 1 aliphatic rings. The number of hydrogen-bond acceptors (Lipinski definition) is 6. The first-order valence-electron chi connectivity index (χ1n) is 9.00. The molecule has 1 aliphatic carbocycles. The van der Waals surface area contributed by atoms with Gasteiger partial charge in [0.2, 0.25) is 5.60 Å². The number of nitrogens with two attached hydrogens (primary N) is 1. The van der Waals surface area contributed by atoms with Gasteiger partial charge in [0.05, 0.1) is 11.9 Å². The molecule has 1 amide bonds. The number of hydrogen-bond donors (Lipinski definition) is 1. The Morgan fingerprint density at radius 2 is 1.80 bits per heavy atom. The number of rotatable bonds is 5. The minimum Gasteiger partial charge on any atom is -0.436 e. The molecule has 2 heterocycles. The van der Waals surface area contributed by atoms with Crippen LogP contribution in [0.4, 0.5) is 0 Å². The van der Waals surface area contributed by atoms with Gasteiger partial charge in [0.1, 0.15) is 9.71 Å². The molecule has 8 nitrogen and oxygen atoms in total. The SMILES string of the molecule is Cn1c(=O)n(Cc2ccccc2)c(=O)c2cc(C(=O)OC3(C(N)=O)C=CC=C3)sc21. The highest BCUT2D eigenvalue weighted by molar-refractivity contribution is 7.20. The van der Waals surface area contributed by atoms with Gasteiger partial charge in [-0.05, 0) is 23.8 Å². The van der Waals surface area contributed by atoms with Crippen LogP contribution in [-0.4, -0.2) is 26.6 Å². The van der Waals surface area contributed by atoms with E-state index in [1.807, 2.05) is 30.3 Å². The third kappa shape index (κ3) is 3.18. The Balaban J connectivity index is 1.76. The van der Waals surface area contributed by atoms with Crippen LogP contribution in [0, 0.1) is 0 Å². The summed E-state index contributed by atoms with van der Waals surface area (Å²) in [6.07, 6.45) is 5.86. The number of aromatic nitrogens is 2. The molecular weight excluding hydrogens is 406 g/mol. The molecule has 2 aromatic heterocycles. The Labute approximate surface area is 174 Å². The molecular formula is C21H17N3O5S. The molecule has 152 valence electrons. The lowest BCUT2D eigenvalue weighted by molar-refractivity contribution is -0.129. The summed E-state index contributed by atoms with van der Waals surface area (Å²) in [7, 11) is 1.53. The molecule has 3 aromatic rings. The number of benzene rings is 1. The Bertz CT molecular complexity index is 1330. The summed E-state index contributed by atoms with van der Waals surface area (Å²) in [5.74, 6) is -1.65. The van der Waals surface area contributed by atoms with Crippen molar-refractivity contribution in [2.75, 3.05) is 0 Å². The molecule has 0 atom stereocenters. The molecule has 0 unspecified atom stereocenters. The molecule has 2 N–H and O–H groups in total. The van der Waals surface area contributed by atoms with Crippen LogP contribution in [0.1, 0.15) is 15.2 Å². The van der Waals surface area contributed by atoms with Gasteiger partial charge >= 0.3 is 11.7 Å². The van der Waals surface area contributed by atoms with Crippen molar-refractivity contribution < 1.29 is 14.3 Å². The van der Waals surface area contributed by atoms with Crippen LogP contribution in [0.2, 0.25) is 0 Å². The highest BCUT2D eigenvalue weighted by Gasteiger charge is 2.38. The van der Waals surface area contributed by atoms with E-state index >= 15 is 0 Å². The number of nitrogens with zero attached hydrogens (tertiary/aromatic N) is 2. The first-order chi connectivity index (χ1) is 14.3. The highest BCUT2D eigenvalue weighted by Crippen LogP contribution is 2.27. The second kappa shape index (κ2) is 7.27. The topological polar surface area (TPSA) is 113 Å². The Morgan fingerprint density at radius 3 is 2.43 bits per heavy atom. The summed E-state index contributed by atoms with van der Waals surface area (Å²) in [6.45, 7) is 0.109. The van der Waals surface area contributed by atoms with Gasteiger partial charge in [-0.1, -0.05) is 42.5 Å². The second-order valence-corrected chi connectivity index (χ2v) is 7.84. The third-order valence-electron chi connectivity index (χ3n) is 4.84. The largest absolute Gasteiger partial charge is 0.436 e. The monoisotopic (exact) mass is 423 g/mol. The molecule has 4 rings (SSSR count). The minimum absolute atomic E-state index is 0.0869. The molecule has 30 heavy (non-hydrogen) atoms. The van der Waals surface area contributed by atoms with Crippen LogP contribution in [0.3, 0.4) is 0 Å². The van der Waals surface area contributed by atoms with Crippen molar-refractivity contribution in [3.05, 3.63) is 92.0 Å². The van der Waals surface area contributed by atoms with E-state index in [2.05, 4.69) is 0 Å². The Kier molecular flexibility index (Phi) is 4.75. The molecule has 1 aromatic carbocycles. The van der Waals surface area contributed by atoms with Gasteiger partial charge in [0.25, 0.3) is 11.5 Å². The van der Waals surface area contributed by atoms with E-state index < -0.39 is 28.7 Å². The van der Waals surface area contributed by atoms with E-state index in [9.17, 15) is 19.2 Å². The quantitative estimate of drug-likeness (QED) is 0.622. The summed E-state index contributed by atoms with van der Waals surface area (Å²) in [5, 5.41) is 0.218. The van der Waals surface area contributed by atoms with Crippen molar-refractivity contribution >= 4 is 33.4 Å². The number of esters is 1. The summed E-state index contributed by atoms with van der Waals surface area (Å²) < 4.78 is 7.78. The first kappa shape index (κ1) is 19.6. The van der Waals surface area contributed by atoms with E-state index in [0.717, 1.165) is 21.5 Å². The Morgan fingerprint density at radius 1 is 1.13 bits per heavy atom. The first-order valence-corrected chi connectivity index (χ1v) is 9.81. The molecule has 0 saturated carbocycles. The highest BCUT2D eigenvalue weighted by atomic mass is 32.1. The van der Waals surface area contributed by atoms with Crippen LogP contribution in [-0.2, 0) is 23.1 Å². The maximum atomic E-state index is 13.0. The zero-order chi connectivity index (χ0) is 21.5. The van der Waals surface area contributed by atoms with Gasteiger partial charge < -0.3 is 10.5 Å². The van der Waals surface area contributed by atoms with Crippen molar-refractivity contribution in [1.29, 1.82) is 0 Å². The van der Waals surface area contributed by atoms with Gasteiger partial charge in [-0.3, -0.25) is 18.7 Å². The van der Waals surface area contributed by atoms with E-state index in [1.165, 1.54) is 29.8 Å². The Hall–Kier alpha value is -3.72. The van der Waals surface area contributed by atoms with Gasteiger partial charge in [-0.25, -0.2) is 9.59 Å². The normalized spacial score (nSPS) is 14.3. The second-order valence-electron chi connectivity index (χ2n) is 6.81. The van der Waals surface area contributed by atoms with Crippen molar-refractivity contribution in [3.8, 4) is 0 Å². The van der Waals surface area contributed by atoms with Crippen LogP contribution in [0.5, 0.6) is 0 Å². The molecule has 9 heteroatoms. The standard InChI is InChI=1S/C21H17N3O5S/c1-23-17-14(16(25)24(20(23)28)12-13-7-3-2-4-8-13)11-15(30-17)18(26)29-21(19(22)27)9-5-6-10-21/h2-11H,12H2,1H3,(H2,22,27). The van der Waals surface area contributed by atoms with E-state index in [1.54, 1.807) is 12.2 Å². The number of amides is 1.